The molecule has 0 aliphatic carbocycles. The number of methoxy groups -OCH3 is 1. The number of sulfonamides is 1. The van der Waals surface area contributed by atoms with Crippen LogP contribution in [0.2, 0.25) is 0 Å². The van der Waals surface area contributed by atoms with Crippen LogP contribution in [0.15, 0.2) is 48.5 Å². The Bertz CT molecular complexity index is 971. The van der Waals surface area contributed by atoms with E-state index in [2.05, 4.69) is 10.2 Å². The summed E-state index contributed by atoms with van der Waals surface area (Å²) in [6.07, 6.45) is 1.42. The van der Waals surface area contributed by atoms with Crippen LogP contribution < -0.4 is 19.3 Å². The van der Waals surface area contributed by atoms with E-state index < -0.39 is 16.1 Å². The third kappa shape index (κ3) is 5.68. The first kappa shape index (κ1) is 22.9. The van der Waals surface area contributed by atoms with Gasteiger partial charge in [0.1, 0.15) is 11.8 Å². The van der Waals surface area contributed by atoms with Crippen molar-refractivity contribution < 1.29 is 22.7 Å². The number of hydrogen-bond acceptors (Lipinski definition) is 6. The minimum atomic E-state index is -3.69. The van der Waals surface area contributed by atoms with E-state index in [0.717, 1.165) is 29.3 Å². The van der Waals surface area contributed by atoms with Crippen LogP contribution in [0.25, 0.3) is 0 Å². The zero-order valence-electron chi connectivity index (χ0n) is 18.1. The Morgan fingerprint density at radius 3 is 2.26 bits per heavy atom. The van der Waals surface area contributed by atoms with Gasteiger partial charge in [-0.05, 0) is 55.0 Å². The topological polar surface area (TPSA) is 88.2 Å². The molecule has 0 saturated carbocycles. The molecule has 1 fully saturated rings. The second kappa shape index (κ2) is 10.0. The monoisotopic (exact) mass is 447 g/mol. The van der Waals surface area contributed by atoms with E-state index in [1.807, 2.05) is 24.3 Å². The zero-order chi connectivity index (χ0) is 22.4. The predicted molar refractivity (Wildman–Crippen MR) is 122 cm³/mol. The lowest BCUT2D eigenvalue weighted by Gasteiger charge is -2.30. The number of morpholine rings is 1. The van der Waals surface area contributed by atoms with Crippen LogP contribution in [0.5, 0.6) is 5.75 Å². The highest BCUT2D eigenvalue weighted by atomic mass is 32.2. The fourth-order valence-electron chi connectivity index (χ4n) is 3.59. The Balaban J connectivity index is 1.78. The van der Waals surface area contributed by atoms with Gasteiger partial charge in [0.2, 0.25) is 15.9 Å². The average Bonchev–Trinajstić information content (AvgIpc) is 2.77. The van der Waals surface area contributed by atoms with Gasteiger partial charge in [-0.3, -0.25) is 9.10 Å². The molecule has 0 aromatic heterocycles. The number of carbonyl (C=O) groups is 1. The van der Waals surface area contributed by atoms with Gasteiger partial charge in [-0.25, -0.2) is 8.42 Å². The zero-order valence-corrected chi connectivity index (χ0v) is 18.9. The lowest BCUT2D eigenvalue weighted by Crippen LogP contribution is -2.47. The first-order valence-electron chi connectivity index (χ1n) is 10.2. The van der Waals surface area contributed by atoms with E-state index in [1.54, 1.807) is 31.2 Å². The summed E-state index contributed by atoms with van der Waals surface area (Å²) < 4.78 is 36.8. The second-order valence-corrected chi connectivity index (χ2v) is 9.18. The smallest absolute Gasteiger partial charge is 0.248 e. The van der Waals surface area contributed by atoms with E-state index in [1.165, 1.54) is 7.11 Å². The molecule has 1 N–H and O–H groups in total. The number of anilines is 3. The molecule has 2 aromatic rings. The number of rotatable bonds is 8. The van der Waals surface area contributed by atoms with Gasteiger partial charge >= 0.3 is 0 Å². The summed E-state index contributed by atoms with van der Waals surface area (Å²) >= 11 is 0. The highest BCUT2D eigenvalue weighted by Gasteiger charge is 2.31. The summed E-state index contributed by atoms with van der Waals surface area (Å²) in [5.74, 6) is 0.220. The van der Waals surface area contributed by atoms with Crippen LogP contribution >= 0.6 is 0 Å². The molecule has 9 heteroatoms. The third-order valence-corrected chi connectivity index (χ3v) is 6.35. The molecule has 0 spiro atoms. The quantitative estimate of drug-likeness (QED) is 0.670. The molecule has 1 aliphatic heterocycles. The predicted octanol–water partition coefficient (Wildman–Crippen LogP) is 2.72. The van der Waals surface area contributed by atoms with Gasteiger partial charge in [-0.2, -0.15) is 0 Å². The average molecular weight is 448 g/mol. The fraction of sp³-hybridized carbons (Fsp3) is 0.409. The SMILES string of the molecule is CC[C@H](C(=O)Nc1ccc(N2CCOCC2)cc1)N(c1ccc(OC)cc1)S(C)(=O)=O. The Hall–Kier alpha value is -2.78. The maximum Gasteiger partial charge on any atom is 0.248 e. The standard InChI is InChI=1S/C22H29N3O5S/c1-4-21(25(31(3,27)28)19-9-11-20(29-2)12-10-19)22(26)23-17-5-7-18(8-6-17)24-13-15-30-16-14-24/h5-12,21H,4,13-16H2,1-3H3,(H,23,26)/t21-/m1/s1. The van der Waals surface area contributed by atoms with Crippen LogP contribution in [-0.2, 0) is 19.6 Å². The second-order valence-electron chi connectivity index (χ2n) is 7.32. The normalized spacial score (nSPS) is 15.3. The highest BCUT2D eigenvalue weighted by molar-refractivity contribution is 7.92. The number of nitrogens with zero attached hydrogens (tertiary/aromatic N) is 2. The summed E-state index contributed by atoms with van der Waals surface area (Å²) in [5.41, 5.74) is 2.08. The number of nitrogens with one attached hydrogen (secondary N) is 1. The van der Waals surface area contributed by atoms with Gasteiger partial charge in [0.05, 0.1) is 32.3 Å². The molecular formula is C22H29N3O5S. The maximum atomic E-state index is 13.0. The van der Waals surface area contributed by atoms with Crippen LogP contribution in [0.4, 0.5) is 17.1 Å². The molecule has 8 nitrogen and oxygen atoms in total. The summed E-state index contributed by atoms with van der Waals surface area (Å²) in [6.45, 7) is 4.84. The molecule has 0 radical (unpaired) electrons. The largest absolute Gasteiger partial charge is 0.497 e. The van der Waals surface area contributed by atoms with Gasteiger partial charge in [0.25, 0.3) is 0 Å². The molecule has 31 heavy (non-hydrogen) atoms. The van der Waals surface area contributed by atoms with Gasteiger partial charge in [0, 0.05) is 24.5 Å². The molecule has 3 rings (SSSR count). The van der Waals surface area contributed by atoms with Crippen molar-refractivity contribution in [2.45, 2.75) is 19.4 Å². The molecule has 168 valence electrons. The minimum absolute atomic E-state index is 0.316. The Kier molecular flexibility index (Phi) is 7.40. The Labute approximate surface area is 183 Å². The molecule has 1 aliphatic rings. The first-order valence-corrected chi connectivity index (χ1v) is 12.1. The number of hydrogen-bond donors (Lipinski definition) is 1. The summed E-state index contributed by atoms with van der Waals surface area (Å²) in [5, 5.41) is 2.86. The number of amides is 1. The van der Waals surface area contributed by atoms with Crippen molar-refractivity contribution in [3.05, 3.63) is 48.5 Å². The van der Waals surface area contributed by atoms with Crippen molar-refractivity contribution in [1.29, 1.82) is 0 Å². The molecule has 1 heterocycles. The van der Waals surface area contributed by atoms with Crippen molar-refractivity contribution in [2.75, 3.05) is 54.2 Å². The molecule has 2 aromatic carbocycles. The number of ether oxygens (including phenoxy) is 2. The summed E-state index contributed by atoms with van der Waals surface area (Å²) in [7, 11) is -2.16. The number of benzene rings is 2. The number of carbonyl (C=O) groups excluding carboxylic acids is 1. The molecular weight excluding hydrogens is 418 g/mol. The summed E-state index contributed by atoms with van der Waals surface area (Å²) in [6, 6.07) is 13.3. The van der Waals surface area contributed by atoms with E-state index >= 15 is 0 Å². The molecule has 0 bridgehead atoms. The lowest BCUT2D eigenvalue weighted by molar-refractivity contribution is -0.117. The van der Waals surface area contributed by atoms with E-state index in [9.17, 15) is 13.2 Å². The van der Waals surface area contributed by atoms with Gasteiger partial charge in [-0.15, -0.1) is 0 Å². The highest BCUT2D eigenvalue weighted by Crippen LogP contribution is 2.26. The first-order chi connectivity index (χ1) is 14.8. The van der Waals surface area contributed by atoms with Gasteiger partial charge in [-0.1, -0.05) is 6.92 Å². The van der Waals surface area contributed by atoms with Crippen LogP contribution in [-0.4, -0.2) is 60.0 Å². The van der Waals surface area contributed by atoms with Crippen LogP contribution in [0.1, 0.15) is 13.3 Å². The van der Waals surface area contributed by atoms with Crippen molar-refractivity contribution in [2.24, 2.45) is 0 Å². The van der Waals surface area contributed by atoms with Gasteiger partial charge in [0.15, 0.2) is 0 Å². The minimum Gasteiger partial charge on any atom is -0.497 e. The summed E-state index contributed by atoms with van der Waals surface area (Å²) in [4.78, 5) is 15.3. The van der Waals surface area contributed by atoms with Gasteiger partial charge < -0.3 is 19.7 Å². The van der Waals surface area contributed by atoms with E-state index in [-0.39, 0.29) is 5.91 Å². The fourth-order valence-corrected chi connectivity index (χ4v) is 4.80. The third-order valence-electron chi connectivity index (χ3n) is 5.17. The van der Waals surface area contributed by atoms with E-state index in [0.29, 0.717) is 36.8 Å². The Morgan fingerprint density at radius 1 is 1.13 bits per heavy atom. The maximum absolute atomic E-state index is 13.0. The molecule has 0 unspecified atom stereocenters. The van der Waals surface area contributed by atoms with Crippen LogP contribution in [0.3, 0.4) is 0 Å². The van der Waals surface area contributed by atoms with Crippen LogP contribution in [0, 0.1) is 0 Å². The van der Waals surface area contributed by atoms with Crippen molar-refractivity contribution in [1.82, 2.24) is 0 Å². The van der Waals surface area contributed by atoms with E-state index in [4.69, 9.17) is 9.47 Å². The molecule has 1 saturated heterocycles. The lowest BCUT2D eigenvalue weighted by atomic mass is 10.1. The molecule has 1 atom stereocenters. The van der Waals surface area contributed by atoms with Crippen molar-refractivity contribution in [3.63, 3.8) is 0 Å². The van der Waals surface area contributed by atoms with Crippen molar-refractivity contribution >= 4 is 33.0 Å². The Morgan fingerprint density at radius 2 is 1.74 bits per heavy atom. The van der Waals surface area contributed by atoms with Crippen molar-refractivity contribution in [3.8, 4) is 5.75 Å². The molecule has 1 amide bonds.